The fraction of sp³-hybridized carbons (Fsp3) is 0.818. The molecule has 0 aliphatic carbocycles. The molecule has 5 nitrogen and oxygen atoms in total. The first-order valence-corrected chi connectivity index (χ1v) is 6.00. The molecule has 0 spiro atoms. The van der Waals surface area contributed by atoms with E-state index in [0.717, 1.165) is 25.9 Å². The van der Waals surface area contributed by atoms with Crippen molar-refractivity contribution in [2.45, 2.75) is 31.7 Å². The molecule has 0 saturated carbocycles. The van der Waals surface area contributed by atoms with Gasteiger partial charge in [-0.15, -0.1) is 0 Å². The summed E-state index contributed by atoms with van der Waals surface area (Å²) in [5.41, 5.74) is 5.48. The van der Waals surface area contributed by atoms with Gasteiger partial charge in [-0.2, -0.15) is 0 Å². The maximum atomic E-state index is 11.8. The second-order valence-electron chi connectivity index (χ2n) is 4.58. The van der Waals surface area contributed by atoms with E-state index in [2.05, 4.69) is 0 Å². The highest BCUT2D eigenvalue weighted by Gasteiger charge is 2.33. The van der Waals surface area contributed by atoms with E-state index in [1.807, 2.05) is 4.90 Å². The summed E-state index contributed by atoms with van der Waals surface area (Å²) in [5.74, 6) is 0.152. The highest BCUT2D eigenvalue weighted by atomic mass is 16.2. The van der Waals surface area contributed by atoms with E-state index in [0.29, 0.717) is 19.5 Å². The average Bonchev–Trinajstić information content (AvgIpc) is 2.34. The molecule has 0 aromatic rings. The van der Waals surface area contributed by atoms with Crippen molar-refractivity contribution in [3.63, 3.8) is 0 Å². The summed E-state index contributed by atoms with van der Waals surface area (Å²) in [6.45, 7) is 2.90. The number of nitrogens with two attached hydrogens (primary N) is 1. The van der Waals surface area contributed by atoms with Crippen molar-refractivity contribution < 1.29 is 9.59 Å². The van der Waals surface area contributed by atoms with Gasteiger partial charge in [-0.1, -0.05) is 0 Å². The number of hydrogen-bond acceptors (Lipinski definition) is 3. The summed E-state index contributed by atoms with van der Waals surface area (Å²) in [7, 11) is 0. The molecule has 16 heavy (non-hydrogen) atoms. The van der Waals surface area contributed by atoms with Crippen LogP contribution in [0.15, 0.2) is 0 Å². The van der Waals surface area contributed by atoms with Crippen LogP contribution in [0, 0.1) is 0 Å². The number of amides is 2. The van der Waals surface area contributed by atoms with Crippen LogP contribution in [0.5, 0.6) is 0 Å². The third-order valence-electron chi connectivity index (χ3n) is 3.35. The van der Waals surface area contributed by atoms with Crippen LogP contribution in [0.25, 0.3) is 0 Å². The van der Waals surface area contributed by atoms with Crippen molar-refractivity contribution in [1.29, 1.82) is 0 Å². The van der Waals surface area contributed by atoms with Crippen LogP contribution < -0.4 is 5.73 Å². The van der Waals surface area contributed by atoms with E-state index in [-0.39, 0.29) is 17.9 Å². The number of likely N-dealkylation sites (tertiary alicyclic amines) is 2. The van der Waals surface area contributed by atoms with Gasteiger partial charge in [0.15, 0.2) is 0 Å². The minimum absolute atomic E-state index is 0.0218. The summed E-state index contributed by atoms with van der Waals surface area (Å²) in [4.78, 5) is 26.6. The Morgan fingerprint density at radius 1 is 1.31 bits per heavy atom. The van der Waals surface area contributed by atoms with Crippen LogP contribution in [0.4, 0.5) is 0 Å². The Kier molecular flexibility index (Phi) is 3.43. The Morgan fingerprint density at radius 3 is 2.56 bits per heavy atom. The van der Waals surface area contributed by atoms with Crippen LogP contribution in [0.2, 0.25) is 0 Å². The topological polar surface area (TPSA) is 66.6 Å². The number of carbonyl (C=O) groups is 2. The van der Waals surface area contributed by atoms with E-state index >= 15 is 0 Å². The van der Waals surface area contributed by atoms with Crippen LogP contribution in [-0.2, 0) is 9.59 Å². The SMILES string of the molecule is NC1CN(CCC(=O)N2CCCCC2)C1=O. The van der Waals surface area contributed by atoms with Crippen LogP contribution in [0.1, 0.15) is 25.7 Å². The molecule has 2 aliphatic rings. The van der Waals surface area contributed by atoms with Gasteiger partial charge in [0, 0.05) is 32.6 Å². The van der Waals surface area contributed by atoms with Crippen molar-refractivity contribution >= 4 is 11.8 Å². The molecule has 90 valence electrons. The molecule has 2 heterocycles. The minimum Gasteiger partial charge on any atom is -0.343 e. The molecule has 0 aromatic heterocycles. The standard InChI is InChI=1S/C11H19N3O2/c12-9-8-14(11(9)16)7-4-10(15)13-5-2-1-3-6-13/h9H,1-8,12H2. The second kappa shape index (κ2) is 4.82. The molecule has 2 saturated heterocycles. The summed E-state index contributed by atoms with van der Waals surface area (Å²) >= 11 is 0. The first kappa shape index (κ1) is 11.4. The zero-order chi connectivity index (χ0) is 11.5. The molecular weight excluding hydrogens is 206 g/mol. The lowest BCUT2D eigenvalue weighted by atomic mass is 10.1. The smallest absolute Gasteiger partial charge is 0.241 e. The fourth-order valence-corrected chi connectivity index (χ4v) is 2.26. The predicted molar refractivity (Wildman–Crippen MR) is 59.6 cm³/mol. The summed E-state index contributed by atoms with van der Waals surface area (Å²) in [6, 6.07) is -0.329. The van der Waals surface area contributed by atoms with Gasteiger partial charge in [-0.3, -0.25) is 9.59 Å². The zero-order valence-corrected chi connectivity index (χ0v) is 9.52. The van der Waals surface area contributed by atoms with Crippen molar-refractivity contribution in [2.75, 3.05) is 26.2 Å². The molecule has 2 aliphatic heterocycles. The quantitative estimate of drug-likeness (QED) is 0.662. The number of carbonyl (C=O) groups excluding carboxylic acids is 2. The second-order valence-corrected chi connectivity index (χ2v) is 4.58. The van der Waals surface area contributed by atoms with Gasteiger partial charge in [0.25, 0.3) is 0 Å². The molecule has 2 N–H and O–H groups in total. The van der Waals surface area contributed by atoms with E-state index in [1.54, 1.807) is 4.90 Å². The largest absolute Gasteiger partial charge is 0.343 e. The van der Waals surface area contributed by atoms with Gasteiger partial charge < -0.3 is 15.5 Å². The Hall–Kier alpha value is -1.10. The van der Waals surface area contributed by atoms with E-state index < -0.39 is 0 Å². The molecular formula is C11H19N3O2. The molecule has 2 rings (SSSR count). The molecule has 0 radical (unpaired) electrons. The van der Waals surface area contributed by atoms with Crippen molar-refractivity contribution in [2.24, 2.45) is 5.73 Å². The molecule has 1 atom stereocenters. The number of rotatable bonds is 3. The monoisotopic (exact) mass is 225 g/mol. The Morgan fingerprint density at radius 2 is 2.00 bits per heavy atom. The van der Waals surface area contributed by atoms with Crippen molar-refractivity contribution in [3.05, 3.63) is 0 Å². The van der Waals surface area contributed by atoms with E-state index in [9.17, 15) is 9.59 Å². The van der Waals surface area contributed by atoms with Crippen LogP contribution in [-0.4, -0.2) is 53.8 Å². The number of piperidine rings is 1. The molecule has 0 aromatic carbocycles. The highest BCUT2D eigenvalue weighted by molar-refractivity contribution is 5.88. The number of β-lactam (4-membered cyclic amide) rings is 1. The van der Waals surface area contributed by atoms with Crippen molar-refractivity contribution in [1.82, 2.24) is 9.80 Å². The van der Waals surface area contributed by atoms with Gasteiger partial charge in [-0.05, 0) is 19.3 Å². The molecule has 5 heteroatoms. The highest BCUT2D eigenvalue weighted by Crippen LogP contribution is 2.12. The third-order valence-corrected chi connectivity index (χ3v) is 3.35. The molecule has 2 amide bonds. The molecule has 1 unspecified atom stereocenters. The zero-order valence-electron chi connectivity index (χ0n) is 9.52. The summed E-state index contributed by atoms with van der Waals surface area (Å²) < 4.78 is 0. The Labute approximate surface area is 95.6 Å². The lowest BCUT2D eigenvalue weighted by Crippen LogP contribution is -2.61. The lowest BCUT2D eigenvalue weighted by molar-refractivity contribution is -0.143. The van der Waals surface area contributed by atoms with E-state index in [1.165, 1.54) is 6.42 Å². The summed E-state index contributed by atoms with van der Waals surface area (Å²) in [5, 5.41) is 0. The van der Waals surface area contributed by atoms with Gasteiger partial charge in [-0.25, -0.2) is 0 Å². The lowest BCUT2D eigenvalue weighted by Gasteiger charge is -2.36. The van der Waals surface area contributed by atoms with Gasteiger partial charge in [0.1, 0.15) is 6.04 Å². The average molecular weight is 225 g/mol. The Balaban J connectivity index is 1.69. The molecule has 0 bridgehead atoms. The molecule has 2 fully saturated rings. The third kappa shape index (κ3) is 2.35. The van der Waals surface area contributed by atoms with E-state index in [4.69, 9.17) is 5.73 Å². The van der Waals surface area contributed by atoms with Crippen molar-refractivity contribution in [3.8, 4) is 0 Å². The van der Waals surface area contributed by atoms with Gasteiger partial charge in [0.2, 0.25) is 11.8 Å². The maximum Gasteiger partial charge on any atom is 0.241 e. The first-order chi connectivity index (χ1) is 7.68. The first-order valence-electron chi connectivity index (χ1n) is 6.00. The maximum absolute atomic E-state index is 11.8. The van der Waals surface area contributed by atoms with Crippen LogP contribution >= 0.6 is 0 Å². The summed E-state index contributed by atoms with van der Waals surface area (Å²) in [6.07, 6.45) is 3.89. The van der Waals surface area contributed by atoms with Crippen LogP contribution in [0.3, 0.4) is 0 Å². The number of nitrogens with zero attached hydrogens (tertiary/aromatic N) is 2. The van der Waals surface area contributed by atoms with Gasteiger partial charge >= 0.3 is 0 Å². The number of hydrogen-bond donors (Lipinski definition) is 1. The fourth-order valence-electron chi connectivity index (χ4n) is 2.26. The van der Waals surface area contributed by atoms with Gasteiger partial charge in [0.05, 0.1) is 0 Å². The minimum atomic E-state index is -0.329. The Bertz CT molecular complexity index is 287. The normalized spacial score (nSPS) is 25.6. The predicted octanol–water partition coefficient (Wildman–Crippen LogP) is -0.441.